The summed E-state index contributed by atoms with van der Waals surface area (Å²) >= 11 is 1.13. The monoisotopic (exact) mass is 526 g/mol. The van der Waals surface area contributed by atoms with Crippen molar-refractivity contribution in [2.75, 3.05) is 14.2 Å². The van der Waals surface area contributed by atoms with Crippen molar-refractivity contribution >= 4 is 37.9 Å². The number of fused-ring (bicyclic) bond motifs is 1. The van der Waals surface area contributed by atoms with Crippen molar-refractivity contribution in [3.63, 3.8) is 0 Å². The van der Waals surface area contributed by atoms with E-state index in [9.17, 15) is 13.2 Å². The lowest BCUT2D eigenvalue weighted by molar-refractivity contribution is 0.103. The summed E-state index contributed by atoms with van der Waals surface area (Å²) in [5.74, 6) is 1.16. The van der Waals surface area contributed by atoms with Crippen molar-refractivity contribution in [1.29, 1.82) is 0 Å². The molecule has 188 valence electrons. The van der Waals surface area contributed by atoms with Gasteiger partial charge in [0.05, 0.1) is 20.3 Å². The smallest absolute Gasteiger partial charge is 0.250 e. The number of benzene rings is 2. The van der Waals surface area contributed by atoms with Gasteiger partial charge in [0, 0.05) is 23.7 Å². The van der Waals surface area contributed by atoms with Gasteiger partial charge in [-0.1, -0.05) is 18.2 Å². The molecule has 0 fully saturated rings. The Hall–Kier alpha value is -3.47. The van der Waals surface area contributed by atoms with Crippen LogP contribution in [0, 0.1) is 0 Å². The Morgan fingerprint density at radius 3 is 2.39 bits per heavy atom. The maximum Gasteiger partial charge on any atom is 0.250 e. The number of hydrogen-bond acceptors (Lipinski definition) is 8. The Bertz CT molecular complexity index is 1500. The molecule has 0 saturated heterocycles. The molecule has 0 spiro atoms. The van der Waals surface area contributed by atoms with Gasteiger partial charge < -0.3 is 14.2 Å². The molecule has 0 saturated carbocycles. The van der Waals surface area contributed by atoms with Crippen molar-refractivity contribution in [2.24, 2.45) is 0 Å². The Morgan fingerprint density at radius 1 is 1.03 bits per heavy atom. The Kier molecular flexibility index (Phi) is 7.58. The largest absolute Gasteiger partial charge is 0.493 e. The number of ether oxygens (including phenoxy) is 3. The highest BCUT2D eigenvalue weighted by Crippen LogP contribution is 2.35. The summed E-state index contributed by atoms with van der Waals surface area (Å²) in [4.78, 5) is 18.0. The molecule has 0 aliphatic heterocycles. The first-order valence-electron chi connectivity index (χ1n) is 11.1. The molecule has 0 atom stereocenters. The number of thiophene rings is 1. The SMILES string of the molecule is COc1cc2c(CNS(=O)(=O)c3cccs3)cnc(C(=O)c3cccc(OC(C)C)c3)c2cc1OC. The summed E-state index contributed by atoms with van der Waals surface area (Å²) < 4.78 is 44.8. The molecule has 4 rings (SSSR count). The Labute approximate surface area is 213 Å². The number of ketones is 1. The third-order valence-corrected chi connectivity index (χ3v) is 8.17. The molecule has 36 heavy (non-hydrogen) atoms. The first-order chi connectivity index (χ1) is 17.2. The molecule has 1 N–H and O–H groups in total. The van der Waals surface area contributed by atoms with E-state index in [0.29, 0.717) is 39.1 Å². The molecule has 2 aromatic heterocycles. The number of carbonyl (C=O) groups excluding carboxylic acids is 1. The van der Waals surface area contributed by atoms with E-state index < -0.39 is 10.0 Å². The highest BCUT2D eigenvalue weighted by Gasteiger charge is 2.21. The number of rotatable bonds is 10. The average Bonchev–Trinajstić information content (AvgIpc) is 3.42. The van der Waals surface area contributed by atoms with Gasteiger partial charge in [0.15, 0.2) is 11.5 Å². The van der Waals surface area contributed by atoms with Gasteiger partial charge in [-0.15, -0.1) is 11.3 Å². The lowest BCUT2D eigenvalue weighted by atomic mass is 9.99. The van der Waals surface area contributed by atoms with Crippen molar-refractivity contribution in [3.05, 3.63) is 76.9 Å². The molecule has 0 unspecified atom stereocenters. The molecule has 2 aromatic carbocycles. The number of carbonyl (C=O) groups is 1. The van der Waals surface area contributed by atoms with E-state index in [1.807, 2.05) is 13.8 Å². The molecule has 0 amide bonds. The highest BCUT2D eigenvalue weighted by molar-refractivity contribution is 7.91. The summed E-state index contributed by atoms with van der Waals surface area (Å²) in [7, 11) is -0.678. The van der Waals surface area contributed by atoms with Crippen LogP contribution in [0.4, 0.5) is 0 Å². The molecule has 10 heteroatoms. The van der Waals surface area contributed by atoms with E-state index >= 15 is 0 Å². The van der Waals surface area contributed by atoms with Gasteiger partial charge in [0.1, 0.15) is 15.7 Å². The molecule has 4 aromatic rings. The molecular formula is C26H26N2O6S2. The van der Waals surface area contributed by atoms with Crippen LogP contribution >= 0.6 is 11.3 Å². The fourth-order valence-corrected chi connectivity index (χ4v) is 5.77. The topological polar surface area (TPSA) is 104 Å². The second kappa shape index (κ2) is 10.7. The number of aromatic nitrogens is 1. The maximum absolute atomic E-state index is 13.5. The summed E-state index contributed by atoms with van der Waals surface area (Å²) in [5.41, 5.74) is 1.21. The minimum Gasteiger partial charge on any atom is -0.493 e. The van der Waals surface area contributed by atoms with Crippen LogP contribution in [0.1, 0.15) is 35.5 Å². The van der Waals surface area contributed by atoms with Gasteiger partial charge in [0.25, 0.3) is 0 Å². The van der Waals surface area contributed by atoms with Crippen molar-refractivity contribution in [2.45, 2.75) is 30.7 Å². The molecule has 8 nitrogen and oxygen atoms in total. The van der Waals surface area contributed by atoms with E-state index in [0.717, 1.165) is 11.3 Å². The Balaban J connectivity index is 1.78. The third kappa shape index (κ3) is 5.35. The molecule has 0 bridgehead atoms. The number of pyridine rings is 1. The zero-order valence-corrected chi connectivity index (χ0v) is 21.9. The van der Waals surface area contributed by atoms with E-state index in [1.54, 1.807) is 47.8 Å². The molecule has 0 aliphatic rings. The van der Waals surface area contributed by atoms with E-state index in [2.05, 4.69) is 9.71 Å². The number of hydrogen-bond donors (Lipinski definition) is 1. The number of nitrogens with one attached hydrogen (secondary N) is 1. The van der Waals surface area contributed by atoms with Gasteiger partial charge in [-0.05, 0) is 60.5 Å². The van der Waals surface area contributed by atoms with Gasteiger partial charge >= 0.3 is 0 Å². The van der Waals surface area contributed by atoms with Crippen molar-refractivity contribution in [1.82, 2.24) is 9.71 Å². The van der Waals surface area contributed by atoms with Crippen molar-refractivity contribution in [3.8, 4) is 17.2 Å². The van der Waals surface area contributed by atoms with Crippen LogP contribution in [-0.2, 0) is 16.6 Å². The zero-order chi connectivity index (χ0) is 25.9. The normalized spacial score (nSPS) is 11.6. The van der Waals surface area contributed by atoms with Crippen LogP contribution < -0.4 is 18.9 Å². The quantitative estimate of drug-likeness (QED) is 0.296. The zero-order valence-electron chi connectivity index (χ0n) is 20.3. The van der Waals surface area contributed by atoms with E-state index in [4.69, 9.17) is 14.2 Å². The van der Waals surface area contributed by atoms with Crippen LogP contribution in [0.15, 0.2) is 64.3 Å². The summed E-state index contributed by atoms with van der Waals surface area (Å²) in [6, 6.07) is 13.5. The van der Waals surface area contributed by atoms with Gasteiger partial charge in [0.2, 0.25) is 15.8 Å². The lowest BCUT2D eigenvalue weighted by Crippen LogP contribution is -2.22. The standard InChI is InChI=1S/C26H26N2O6S2/c1-16(2)34-19-8-5-7-17(11-19)26(29)25-21-13-23(33-4)22(32-3)12-20(21)18(14-27-25)15-28-36(30,31)24-9-6-10-35-24/h5-14,16,28H,15H2,1-4H3. The van der Waals surface area contributed by atoms with Crippen LogP contribution in [0.5, 0.6) is 17.2 Å². The average molecular weight is 527 g/mol. The van der Waals surface area contributed by atoms with E-state index in [-0.39, 0.29) is 28.3 Å². The molecule has 2 heterocycles. The lowest BCUT2D eigenvalue weighted by Gasteiger charge is -2.15. The van der Waals surface area contributed by atoms with Crippen LogP contribution in [0.3, 0.4) is 0 Å². The first-order valence-corrected chi connectivity index (χ1v) is 13.5. The predicted octanol–water partition coefficient (Wildman–Crippen LogP) is 4.81. The maximum atomic E-state index is 13.5. The van der Waals surface area contributed by atoms with Crippen LogP contribution in [-0.4, -0.2) is 39.5 Å². The summed E-state index contributed by atoms with van der Waals surface area (Å²) in [6.07, 6.45) is 1.47. The number of nitrogens with zero attached hydrogens (tertiary/aromatic N) is 1. The van der Waals surface area contributed by atoms with Gasteiger partial charge in [-0.2, -0.15) is 0 Å². The fourth-order valence-electron chi connectivity index (χ4n) is 3.72. The minimum absolute atomic E-state index is 0.0224. The summed E-state index contributed by atoms with van der Waals surface area (Å²) in [5, 5.41) is 2.83. The third-order valence-electron chi connectivity index (χ3n) is 5.37. The molecule has 0 aliphatic carbocycles. The number of methoxy groups -OCH3 is 2. The molecular weight excluding hydrogens is 500 g/mol. The Morgan fingerprint density at radius 2 is 1.75 bits per heavy atom. The minimum atomic E-state index is -3.69. The summed E-state index contributed by atoms with van der Waals surface area (Å²) in [6.45, 7) is 3.80. The second-order valence-electron chi connectivity index (χ2n) is 8.17. The molecule has 0 radical (unpaired) electrons. The first kappa shape index (κ1) is 25.6. The highest BCUT2D eigenvalue weighted by atomic mass is 32.2. The van der Waals surface area contributed by atoms with Crippen molar-refractivity contribution < 1.29 is 27.4 Å². The van der Waals surface area contributed by atoms with Crippen LogP contribution in [0.2, 0.25) is 0 Å². The number of sulfonamides is 1. The van der Waals surface area contributed by atoms with Gasteiger partial charge in [-0.3, -0.25) is 9.78 Å². The van der Waals surface area contributed by atoms with E-state index in [1.165, 1.54) is 26.5 Å². The van der Waals surface area contributed by atoms with Gasteiger partial charge in [-0.25, -0.2) is 13.1 Å². The van der Waals surface area contributed by atoms with Crippen LogP contribution in [0.25, 0.3) is 10.8 Å². The predicted molar refractivity (Wildman–Crippen MR) is 139 cm³/mol. The second-order valence-corrected chi connectivity index (χ2v) is 11.1. The fraction of sp³-hybridized carbons (Fsp3) is 0.231.